The Hall–Kier alpha value is -1.48. The van der Waals surface area contributed by atoms with Gasteiger partial charge >= 0.3 is 0 Å². The number of sulfonamides is 1. The van der Waals surface area contributed by atoms with E-state index in [1.807, 2.05) is 24.0 Å². The Balaban J connectivity index is 1.59. The van der Waals surface area contributed by atoms with Crippen LogP contribution in [-0.2, 0) is 26.0 Å². The van der Waals surface area contributed by atoms with Crippen LogP contribution in [0, 0.1) is 0 Å². The summed E-state index contributed by atoms with van der Waals surface area (Å²) in [6.45, 7) is 5.95. The van der Waals surface area contributed by atoms with E-state index in [9.17, 15) is 13.2 Å². The van der Waals surface area contributed by atoms with Gasteiger partial charge in [0.1, 0.15) is 0 Å². The number of hydrogen-bond acceptors (Lipinski definition) is 5. The first-order chi connectivity index (χ1) is 13.0. The number of benzene rings is 1. The number of methoxy groups -OCH3 is 1. The molecule has 2 aliphatic rings. The van der Waals surface area contributed by atoms with Gasteiger partial charge in [-0.05, 0) is 30.5 Å². The lowest BCUT2D eigenvalue weighted by Gasteiger charge is -2.36. The molecule has 8 heteroatoms. The van der Waals surface area contributed by atoms with Gasteiger partial charge < -0.3 is 9.64 Å². The fourth-order valence-corrected chi connectivity index (χ4v) is 5.21. The zero-order chi connectivity index (χ0) is 19.4. The molecule has 0 N–H and O–H groups in total. The number of carbonyl (C=O) groups excluding carboxylic acids is 1. The maximum Gasteiger partial charge on any atom is 0.243 e. The minimum Gasteiger partial charge on any atom is -0.383 e. The molecule has 2 fully saturated rings. The third kappa shape index (κ3) is 4.34. The number of likely N-dealkylation sites (tertiary alicyclic amines) is 1. The molecule has 1 aromatic carbocycles. The normalized spacial score (nSPS) is 22.5. The lowest BCUT2D eigenvalue weighted by molar-refractivity contribution is -0.133. The Kier molecular flexibility index (Phi) is 6.52. The van der Waals surface area contributed by atoms with Gasteiger partial charge in [0.25, 0.3) is 0 Å². The molecule has 2 heterocycles. The summed E-state index contributed by atoms with van der Waals surface area (Å²) in [5.41, 5.74) is 1.12. The van der Waals surface area contributed by atoms with Gasteiger partial charge in [0.05, 0.1) is 17.5 Å². The van der Waals surface area contributed by atoms with Crippen molar-refractivity contribution >= 4 is 15.9 Å². The summed E-state index contributed by atoms with van der Waals surface area (Å²) in [4.78, 5) is 16.9. The molecule has 0 saturated carbocycles. The van der Waals surface area contributed by atoms with Crippen LogP contribution in [0.3, 0.4) is 0 Å². The molecule has 1 unspecified atom stereocenters. The van der Waals surface area contributed by atoms with Crippen molar-refractivity contribution in [1.82, 2.24) is 14.1 Å². The van der Waals surface area contributed by atoms with Crippen LogP contribution in [0.5, 0.6) is 0 Å². The van der Waals surface area contributed by atoms with Crippen molar-refractivity contribution in [2.45, 2.75) is 30.7 Å². The Labute approximate surface area is 161 Å². The molecule has 1 aromatic rings. The van der Waals surface area contributed by atoms with E-state index in [2.05, 4.69) is 4.90 Å². The van der Waals surface area contributed by atoms with Crippen LogP contribution in [0.2, 0.25) is 0 Å². The average molecular weight is 396 g/mol. The molecule has 1 atom stereocenters. The maximum absolute atomic E-state index is 12.9. The fourth-order valence-electron chi connectivity index (χ4n) is 3.79. The van der Waals surface area contributed by atoms with Crippen LogP contribution in [0.25, 0.3) is 0 Å². The predicted molar refractivity (Wildman–Crippen MR) is 103 cm³/mol. The topological polar surface area (TPSA) is 70.2 Å². The molecular formula is C19H29N3O4S. The first kappa shape index (κ1) is 20.3. The summed E-state index contributed by atoms with van der Waals surface area (Å²) in [7, 11) is -1.84. The minimum absolute atomic E-state index is 0.129. The van der Waals surface area contributed by atoms with Crippen molar-refractivity contribution in [2.75, 3.05) is 53.0 Å². The Morgan fingerprint density at radius 1 is 1.07 bits per heavy atom. The van der Waals surface area contributed by atoms with Gasteiger partial charge in [0, 0.05) is 46.4 Å². The second kappa shape index (κ2) is 8.68. The van der Waals surface area contributed by atoms with Crippen molar-refractivity contribution in [1.29, 1.82) is 0 Å². The monoisotopic (exact) mass is 395 g/mol. The highest BCUT2D eigenvalue weighted by molar-refractivity contribution is 7.89. The second-order valence-corrected chi connectivity index (χ2v) is 9.00. The summed E-state index contributed by atoms with van der Waals surface area (Å²) < 4.78 is 32.3. The molecule has 150 valence electrons. The molecule has 0 radical (unpaired) electrons. The van der Waals surface area contributed by atoms with Crippen molar-refractivity contribution in [3.05, 3.63) is 29.8 Å². The first-order valence-corrected chi connectivity index (χ1v) is 11.0. The maximum atomic E-state index is 12.9. The SMILES string of the molecule is CCc1ccc(S(=O)(=O)N2CCN(C3CCN(CCOC)C3=O)CC2)cc1. The number of amides is 1. The lowest BCUT2D eigenvalue weighted by Crippen LogP contribution is -2.53. The molecule has 0 spiro atoms. The van der Waals surface area contributed by atoms with Crippen LogP contribution in [-0.4, -0.2) is 87.5 Å². The van der Waals surface area contributed by atoms with Gasteiger partial charge in [-0.1, -0.05) is 19.1 Å². The number of piperazine rings is 1. The van der Waals surface area contributed by atoms with Crippen molar-refractivity contribution in [3.63, 3.8) is 0 Å². The van der Waals surface area contributed by atoms with Gasteiger partial charge in [-0.15, -0.1) is 0 Å². The summed E-state index contributed by atoms with van der Waals surface area (Å²) >= 11 is 0. The van der Waals surface area contributed by atoms with Gasteiger partial charge in [-0.25, -0.2) is 8.42 Å². The van der Waals surface area contributed by atoms with Crippen LogP contribution in [0.15, 0.2) is 29.2 Å². The van der Waals surface area contributed by atoms with E-state index >= 15 is 0 Å². The molecule has 0 bridgehead atoms. The second-order valence-electron chi connectivity index (χ2n) is 7.06. The minimum atomic E-state index is -3.48. The van der Waals surface area contributed by atoms with Gasteiger partial charge in [-0.2, -0.15) is 4.31 Å². The van der Waals surface area contributed by atoms with Gasteiger partial charge in [0.15, 0.2) is 0 Å². The predicted octanol–water partition coefficient (Wildman–Crippen LogP) is 0.803. The van der Waals surface area contributed by atoms with E-state index in [0.29, 0.717) is 44.2 Å². The van der Waals surface area contributed by atoms with Crippen LogP contribution >= 0.6 is 0 Å². The van der Waals surface area contributed by atoms with Gasteiger partial charge in [-0.3, -0.25) is 9.69 Å². The molecule has 0 aromatic heterocycles. The molecule has 1 amide bonds. The zero-order valence-corrected chi connectivity index (χ0v) is 17.0. The third-order valence-electron chi connectivity index (χ3n) is 5.52. The highest BCUT2D eigenvalue weighted by Crippen LogP contribution is 2.22. The van der Waals surface area contributed by atoms with E-state index in [1.54, 1.807) is 19.2 Å². The molecule has 2 saturated heterocycles. The number of nitrogens with zero attached hydrogens (tertiary/aromatic N) is 3. The number of hydrogen-bond donors (Lipinski definition) is 0. The molecule has 0 aliphatic carbocycles. The standard InChI is InChI=1S/C19H29N3O4S/c1-3-16-4-6-17(7-5-16)27(24,25)22-12-10-20(11-13-22)18-8-9-21(19(18)23)14-15-26-2/h4-7,18H,3,8-15H2,1-2H3. The van der Waals surface area contributed by atoms with Crippen LogP contribution in [0.1, 0.15) is 18.9 Å². The Morgan fingerprint density at radius 2 is 1.74 bits per heavy atom. The molecule has 7 nitrogen and oxygen atoms in total. The number of aryl methyl sites for hydroxylation is 1. The van der Waals surface area contributed by atoms with Crippen molar-refractivity contribution in [2.24, 2.45) is 0 Å². The van der Waals surface area contributed by atoms with E-state index < -0.39 is 10.0 Å². The van der Waals surface area contributed by atoms with E-state index in [0.717, 1.165) is 24.9 Å². The molecule has 2 aliphatic heterocycles. The summed E-state index contributed by atoms with van der Waals surface area (Å²) in [5.74, 6) is 0.138. The molecule has 27 heavy (non-hydrogen) atoms. The number of rotatable bonds is 7. The fraction of sp³-hybridized carbons (Fsp3) is 0.632. The number of ether oxygens (including phenoxy) is 1. The Bertz CT molecular complexity index is 743. The molecule has 3 rings (SSSR count). The molecular weight excluding hydrogens is 366 g/mol. The van der Waals surface area contributed by atoms with E-state index in [-0.39, 0.29) is 11.9 Å². The first-order valence-electron chi connectivity index (χ1n) is 9.58. The summed E-state index contributed by atoms with van der Waals surface area (Å²) in [6, 6.07) is 6.99. The highest BCUT2D eigenvalue weighted by Gasteiger charge is 2.38. The highest BCUT2D eigenvalue weighted by atomic mass is 32.2. The lowest BCUT2D eigenvalue weighted by atomic mass is 10.2. The van der Waals surface area contributed by atoms with Crippen molar-refractivity contribution < 1.29 is 17.9 Å². The van der Waals surface area contributed by atoms with Crippen molar-refractivity contribution in [3.8, 4) is 0 Å². The largest absolute Gasteiger partial charge is 0.383 e. The quantitative estimate of drug-likeness (QED) is 0.683. The Morgan fingerprint density at radius 3 is 2.33 bits per heavy atom. The average Bonchev–Trinajstić information content (AvgIpc) is 3.07. The van der Waals surface area contributed by atoms with Crippen LogP contribution < -0.4 is 0 Å². The van der Waals surface area contributed by atoms with E-state index in [4.69, 9.17) is 4.74 Å². The number of carbonyl (C=O) groups is 1. The van der Waals surface area contributed by atoms with Gasteiger partial charge in [0.2, 0.25) is 15.9 Å². The smallest absolute Gasteiger partial charge is 0.243 e. The summed E-state index contributed by atoms with van der Waals surface area (Å²) in [6.07, 6.45) is 1.68. The van der Waals surface area contributed by atoms with Crippen LogP contribution in [0.4, 0.5) is 0 Å². The zero-order valence-electron chi connectivity index (χ0n) is 16.1. The van der Waals surface area contributed by atoms with E-state index in [1.165, 1.54) is 4.31 Å². The third-order valence-corrected chi connectivity index (χ3v) is 7.43. The summed E-state index contributed by atoms with van der Waals surface area (Å²) in [5, 5.41) is 0.